The summed E-state index contributed by atoms with van der Waals surface area (Å²) in [4.78, 5) is 14.0. The number of furan rings is 1. The van der Waals surface area contributed by atoms with E-state index in [1.165, 1.54) is 0 Å². The number of hydrogen-bond donors (Lipinski definition) is 1. The zero-order chi connectivity index (χ0) is 13.7. The van der Waals surface area contributed by atoms with Gasteiger partial charge in [-0.1, -0.05) is 6.07 Å². The molecular formula is C15H18N2O2. The van der Waals surface area contributed by atoms with E-state index in [9.17, 15) is 4.79 Å². The second-order valence-electron chi connectivity index (χ2n) is 4.53. The fraction of sp³-hybridized carbons (Fsp3) is 0.267. The molecule has 1 heterocycles. The number of rotatable bonds is 5. The van der Waals surface area contributed by atoms with E-state index in [2.05, 4.69) is 5.32 Å². The summed E-state index contributed by atoms with van der Waals surface area (Å²) < 4.78 is 5.21. The van der Waals surface area contributed by atoms with Gasteiger partial charge in [0.25, 0.3) is 5.91 Å². The van der Waals surface area contributed by atoms with Crippen LogP contribution in [0.4, 0.5) is 5.69 Å². The Labute approximate surface area is 113 Å². The van der Waals surface area contributed by atoms with Crippen molar-refractivity contribution in [3.8, 4) is 0 Å². The average molecular weight is 258 g/mol. The van der Waals surface area contributed by atoms with Crippen molar-refractivity contribution in [1.29, 1.82) is 0 Å². The molecule has 0 saturated heterocycles. The molecule has 0 unspecified atom stereocenters. The van der Waals surface area contributed by atoms with Crippen LogP contribution in [0, 0.1) is 0 Å². The third-order valence-electron chi connectivity index (χ3n) is 2.86. The number of carbonyl (C=O) groups excluding carboxylic acids is 1. The van der Waals surface area contributed by atoms with E-state index in [-0.39, 0.29) is 5.91 Å². The van der Waals surface area contributed by atoms with E-state index < -0.39 is 0 Å². The van der Waals surface area contributed by atoms with E-state index >= 15 is 0 Å². The Hall–Kier alpha value is -2.23. The molecule has 1 amide bonds. The van der Waals surface area contributed by atoms with Gasteiger partial charge in [0.15, 0.2) is 0 Å². The highest BCUT2D eigenvalue weighted by Crippen LogP contribution is 2.13. The fourth-order valence-electron chi connectivity index (χ4n) is 1.78. The van der Waals surface area contributed by atoms with Crippen LogP contribution in [0.2, 0.25) is 0 Å². The lowest BCUT2D eigenvalue weighted by molar-refractivity contribution is 0.0953. The molecule has 19 heavy (non-hydrogen) atoms. The van der Waals surface area contributed by atoms with Crippen molar-refractivity contribution in [3.63, 3.8) is 0 Å². The second-order valence-corrected chi connectivity index (χ2v) is 4.53. The Balaban J connectivity index is 1.90. The summed E-state index contributed by atoms with van der Waals surface area (Å²) in [6.07, 6.45) is 2.34. The standard InChI is InChI=1S/C15H18N2O2/c1-17(2)13-6-3-5-12(11-13)15(18)16-9-8-14-7-4-10-19-14/h3-7,10-11H,8-9H2,1-2H3,(H,16,18). The van der Waals surface area contributed by atoms with Gasteiger partial charge in [0.05, 0.1) is 6.26 Å². The summed E-state index contributed by atoms with van der Waals surface area (Å²) in [6.45, 7) is 0.568. The maximum atomic E-state index is 12.0. The maximum absolute atomic E-state index is 12.0. The van der Waals surface area contributed by atoms with Gasteiger partial charge >= 0.3 is 0 Å². The van der Waals surface area contributed by atoms with Crippen molar-refractivity contribution in [2.24, 2.45) is 0 Å². The summed E-state index contributed by atoms with van der Waals surface area (Å²) in [5.41, 5.74) is 1.68. The largest absolute Gasteiger partial charge is 0.469 e. The summed E-state index contributed by atoms with van der Waals surface area (Å²) in [7, 11) is 3.90. The molecule has 2 rings (SSSR count). The topological polar surface area (TPSA) is 45.5 Å². The van der Waals surface area contributed by atoms with Gasteiger partial charge in [0, 0.05) is 38.3 Å². The molecule has 0 saturated carbocycles. The Kier molecular flexibility index (Phi) is 4.23. The van der Waals surface area contributed by atoms with Crippen molar-refractivity contribution in [2.45, 2.75) is 6.42 Å². The van der Waals surface area contributed by atoms with Crippen LogP contribution in [0.3, 0.4) is 0 Å². The van der Waals surface area contributed by atoms with Crippen molar-refractivity contribution in [3.05, 3.63) is 54.0 Å². The Bertz CT molecular complexity index is 533. The smallest absolute Gasteiger partial charge is 0.251 e. The number of nitrogens with zero attached hydrogens (tertiary/aromatic N) is 1. The minimum atomic E-state index is -0.0599. The molecule has 4 heteroatoms. The monoisotopic (exact) mass is 258 g/mol. The van der Waals surface area contributed by atoms with Crippen molar-refractivity contribution in [2.75, 3.05) is 25.5 Å². The Morgan fingerprint density at radius 2 is 2.11 bits per heavy atom. The van der Waals surface area contributed by atoms with Crippen LogP contribution in [0.5, 0.6) is 0 Å². The predicted molar refractivity (Wildman–Crippen MR) is 75.5 cm³/mol. The van der Waals surface area contributed by atoms with Gasteiger partial charge < -0.3 is 14.6 Å². The van der Waals surface area contributed by atoms with E-state index in [1.54, 1.807) is 6.26 Å². The van der Waals surface area contributed by atoms with Gasteiger partial charge in [-0.15, -0.1) is 0 Å². The summed E-state index contributed by atoms with van der Waals surface area (Å²) in [5, 5.41) is 2.89. The molecule has 2 aromatic rings. The minimum Gasteiger partial charge on any atom is -0.469 e. The van der Waals surface area contributed by atoms with Crippen molar-refractivity contribution >= 4 is 11.6 Å². The van der Waals surface area contributed by atoms with Gasteiger partial charge in [0.1, 0.15) is 5.76 Å². The number of anilines is 1. The van der Waals surface area contributed by atoms with Crippen LogP contribution < -0.4 is 10.2 Å². The fourth-order valence-corrected chi connectivity index (χ4v) is 1.78. The molecule has 0 aliphatic carbocycles. The number of amides is 1. The lowest BCUT2D eigenvalue weighted by Gasteiger charge is -2.13. The Morgan fingerprint density at radius 1 is 1.26 bits per heavy atom. The van der Waals surface area contributed by atoms with E-state index in [4.69, 9.17) is 4.42 Å². The van der Waals surface area contributed by atoms with Crippen LogP contribution in [0.25, 0.3) is 0 Å². The van der Waals surface area contributed by atoms with Crippen LogP contribution in [0.1, 0.15) is 16.1 Å². The first-order valence-corrected chi connectivity index (χ1v) is 6.25. The SMILES string of the molecule is CN(C)c1cccc(C(=O)NCCc2ccco2)c1. The third kappa shape index (κ3) is 3.61. The minimum absolute atomic E-state index is 0.0599. The zero-order valence-electron chi connectivity index (χ0n) is 11.2. The molecule has 0 radical (unpaired) electrons. The zero-order valence-corrected chi connectivity index (χ0v) is 11.2. The molecule has 0 aliphatic rings. The molecule has 4 nitrogen and oxygen atoms in total. The van der Waals surface area contributed by atoms with Gasteiger partial charge in [-0.05, 0) is 30.3 Å². The number of nitrogens with one attached hydrogen (secondary N) is 1. The highest BCUT2D eigenvalue weighted by Gasteiger charge is 2.06. The quantitative estimate of drug-likeness (QED) is 0.895. The number of hydrogen-bond acceptors (Lipinski definition) is 3. The third-order valence-corrected chi connectivity index (χ3v) is 2.86. The first kappa shape index (κ1) is 13.2. The molecule has 0 atom stereocenters. The summed E-state index contributed by atoms with van der Waals surface area (Å²) >= 11 is 0. The molecule has 100 valence electrons. The maximum Gasteiger partial charge on any atom is 0.251 e. The van der Waals surface area contributed by atoms with Crippen LogP contribution in [-0.4, -0.2) is 26.5 Å². The lowest BCUT2D eigenvalue weighted by Crippen LogP contribution is -2.25. The number of benzene rings is 1. The number of carbonyl (C=O) groups is 1. The highest BCUT2D eigenvalue weighted by molar-refractivity contribution is 5.95. The molecule has 0 fully saturated rings. The molecule has 0 aliphatic heterocycles. The second kappa shape index (κ2) is 6.09. The normalized spacial score (nSPS) is 10.2. The molecule has 1 N–H and O–H groups in total. The van der Waals surface area contributed by atoms with Gasteiger partial charge in [-0.2, -0.15) is 0 Å². The first-order valence-electron chi connectivity index (χ1n) is 6.25. The Morgan fingerprint density at radius 3 is 2.79 bits per heavy atom. The predicted octanol–water partition coefficient (Wildman–Crippen LogP) is 2.32. The highest BCUT2D eigenvalue weighted by atomic mass is 16.3. The first-order chi connectivity index (χ1) is 9.16. The molecular weight excluding hydrogens is 240 g/mol. The van der Waals surface area contributed by atoms with Crippen molar-refractivity contribution < 1.29 is 9.21 Å². The molecule has 0 bridgehead atoms. The van der Waals surface area contributed by atoms with E-state index in [0.717, 1.165) is 11.4 Å². The van der Waals surface area contributed by atoms with Gasteiger partial charge in [0.2, 0.25) is 0 Å². The molecule has 1 aromatic heterocycles. The van der Waals surface area contributed by atoms with Crippen LogP contribution in [-0.2, 0) is 6.42 Å². The summed E-state index contributed by atoms with van der Waals surface area (Å²) in [6, 6.07) is 11.3. The summed E-state index contributed by atoms with van der Waals surface area (Å²) in [5.74, 6) is 0.817. The van der Waals surface area contributed by atoms with Gasteiger partial charge in [-0.25, -0.2) is 0 Å². The van der Waals surface area contributed by atoms with Crippen molar-refractivity contribution in [1.82, 2.24) is 5.32 Å². The lowest BCUT2D eigenvalue weighted by atomic mass is 10.2. The van der Waals surface area contributed by atoms with E-state index in [1.807, 2.05) is 55.4 Å². The van der Waals surface area contributed by atoms with Crippen LogP contribution >= 0.6 is 0 Å². The van der Waals surface area contributed by atoms with E-state index in [0.29, 0.717) is 18.5 Å². The van der Waals surface area contributed by atoms with Gasteiger partial charge in [-0.3, -0.25) is 4.79 Å². The average Bonchev–Trinajstić information content (AvgIpc) is 2.92. The van der Waals surface area contributed by atoms with Crippen LogP contribution in [0.15, 0.2) is 47.1 Å². The molecule has 1 aromatic carbocycles. The molecule has 0 spiro atoms.